The molecule has 0 heterocycles. The van der Waals surface area contributed by atoms with Crippen molar-refractivity contribution in [1.29, 1.82) is 0 Å². The van der Waals surface area contributed by atoms with Gasteiger partial charge in [-0.15, -0.1) is 0 Å². The summed E-state index contributed by atoms with van der Waals surface area (Å²) in [6, 6.07) is 7.74. The fraction of sp³-hybridized carbons (Fsp3) is 0.650. The molecule has 3 heteroatoms. The maximum Gasteiger partial charge on any atom is 0.514 e. The molecular formula is C20H32O3. The van der Waals surface area contributed by atoms with Gasteiger partial charge in [0.25, 0.3) is 0 Å². The number of unbranched alkanes of at least 4 members (excludes halogenated alkanes) is 3. The minimum atomic E-state index is -0.618. The van der Waals surface area contributed by atoms with E-state index in [0.29, 0.717) is 5.75 Å². The van der Waals surface area contributed by atoms with Crippen LogP contribution in [0.5, 0.6) is 5.75 Å². The lowest BCUT2D eigenvalue weighted by molar-refractivity contribution is 0.0143. The van der Waals surface area contributed by atoms with Crippen molar-refractivity contribution in [3.05, 3.63) is 29.8 Å². The van der Waals surface area contributed by atoms with Crippen molar-refractivity contribution in [3.8, 4) is 5.75 Å². The van der Waals surface area contributed by atoms with Gasteiger partial charge in [0, 0.05) is 0 Å². The zero-order valence-electron chi connectivity index (χ0n) is 15.3. The molecule has 3 nitrogen and oxygen atoms in total. The van der Waals surface area contributed by atoms with Crippen molar-refractivity contribution in [2.24, 2.45) is 11.8 Å². The molecule has 0 N–H and O–H groups in total. The number of carbonyl (C=O) groups excluding carboxylic acids is 1. The van der Waals surface area contributed by atoms with Crippen LogP contribution in [-0.4, -0.2) is 12.3 Å². The van der Waals surface area contributed by atoms with Crippen LogP contribution in [0.1, 0.15) is 65.9 Å². The van der Waals surface area contributed by atoms with E-state index < -0.39 is 6.16 Å². The number of benzene rings is 1. The van der Waals surface area contributed by atoms with Crippen molar-refractivity contribution >= 4 is 6.16 Å². The molecule has 0 fully saturated rings. The van der Waals surface area contributed by atoms with Crippen molar-refractivity contribution in [2.45, 2.75) is 72.8 Å². The van der Waals surface area contributed by atoms with Gasteiger partial charge in [0.2, 0.25) is 0 Å². The molecule has 1 aromatic rings. The number of ether oxygens (including phenoxy) is 2. The Labute approximate surface area is 141 Å². The molecule has 23 heavy (non-hydrogen) atoms. The normalized spacial score (nSPS) is 11.3. The summed E-state index contributed by atoms with van der Waals surface area (Å²) in [7, 11) is 0. The molecule has 0 aromatic heterocycles. The predicted molar refractivity (Wildman–Crippen MR) is 94.9 cm³/mol. The summed E-state index contributed by atoms with van der Waals surface area (Å²) in [4.78, 5) is 11.9. The van der Waals surface area contributed by atoms with Gasteiger partial charge in [0.15, 0.2) is 0 Å². The van der Waals surface area contributed by atoms with Gasteiger partial charge >= 0.3 is 6.16 Å². The molecule has 0 bridgehead atoms. The molecule has 0 atom stereocenters. The van der Waals surface area contributed by atoms with E-state index >= 15 is 0 Å². The Kier molecular flexibility index (Phi) is 8.75. The van der Waals surface area contributed by atoms with E-state index in [-0.39, 0.29) is 17.9 Å². The lowest BCUT2D eigenvalue weighted by Crippen LogP contribution is -2.30. The van der Waals surface area contributed by atoms with Gasteiger partial charge in [-0.25, -0.2) is 4.79 Å². The molecule has 1 aromatic carbocycles. The molecule has 0 aliphatic carbocycles. The van der Waals surface area contributed by atoms with Crippen molar-refractivity contribution < 1.29 is 14.3 Å². The Hall–Kier alpha value is -1.51. The predicted octanol–water partition coefficient (Wildman–Crippen LogP) is 6.01. The van der Waals surface area contributed by atoms with Crippen molar-refractivity contribution in [1.82, 2.24) is 0 Å². The highest BCUT2D eigenvalue weighted by atomic mass is 16.7. The molecule has 0 amide bonds. The largest absolute Gasteiger partial charge is 0.514 e. The highest BCUT2D eigenvalue weighted by Gasteiger charge is 2.23. The van der Waals surface area contributed by atoms with E-state index in [2.05, 4.69) is 6.92 Å². The standard InChI is InChI=1S/C20H32O3/c1-6-7-8-9-10-17-11-13-18(14-12-17)22-20(21)23-19(15(2)3)16(4)5/h11-16,19H,6-10H2,1-5H3. The van der Waals surface area contributed by atoms with Crippen LogP contribution in [0.15, 0.2) is 24.3 Å². The Balaban J connectivity index is 2.46. The van der Waals surface area contributed by atoms with Crippen LogP contribution in [-0.2, 0) is 11.2 Å². The molecule has 0 saturated heterocycles. The van der Waals surface area contributed by atoms with Gasteiger partial charge in [-0.2, -0.15) is 0 Å². The quantitative estimate of drug-likeness (QED) is 0.318. The smallest absolute Gasteiger partial charge is 0.430 e. The third kappa shape index (κ3) is 7.54. The van der Waals surface area contributed by atoms with Gasteiger partial charge in [-0.1, -0.05) is 66.0 Å². The maximum atomic E-state index is 11.9. The first-order chi connectivity index (χ1) is 10.9. The summed E-state index contributed by atoms with van der Waals surface area (Å²) in [6.07, 6.45) is 5.36. The van der Waals surface area contributed by atoms with E-state index in [1.54, 1.807) is 0 Å². The minimum absolute atomic E-state index is 0.125. The highest BCUT2D eigenvalue weighted by molar-refractivity contribution is 5.64. The molecular weight excluding hydrogens is 288 g/mol. The molecule has 0 unspecified atom stereocenters. The molecule has 0 saturated carbocycles. The zero-order chi connectivity index (χ0) is 17.2. The Morgan fingerprint density at radius 1 is 0.957 bits per heavy atom. The zero-order valence-corrected chi connectivity index (χ0v) is 15.3. The van der Waals surface area contributed by atoms with Crippen LogP contribution in [0.25, 0.3) is 0 Å². The van der Waals surface area contributed by atoms with Crippen LogP contribution in [0.4, 0.5) is 4.79 Å². The average molecular weight is 320 g/mol. The number of aryl methyl sites for hydroxylation is 1. The monoisotopic (exact) mass is 320 g/mol. The van der Waals surface area contributed by atoms with Gasteiger partial charge in [-0.05, 0) is 42.4 Å². The Morgan fingerprint density at radius 2 is 1.57 bits per heavy atom. The first kappa shape index (κ1) is 19.5. The van der Waals surface area contributed by atoms with E-state index in [9.17, 15) is 4.79 Å². The van der Waals surface area contributed by atoms with Crippen molar-refractivity contribution in [2.75, 3.05) is 0 Å². The Morgan fingerprint density at radius 3 is 2.09 bits per heavy atom. The third-order valence-corrected chi connectivity index (χ3v) is 3.99. The summed E-state index contributed by atoms with van der Waals surface area (Å²) >= 11 is 0. The van der Waals surface area contributed by atoms with Gasteiger partial charge in [0.05, 0.1) is 0 Å². The van der Waals surface area contributed by atoms with Crippen LogP contribution in [0.2, 0.25) is 0 Å². The van der Waals surface area contributed by atoms with E-state index in [1.807, 2.05) is 52.0 Å². The minimum Gasteiger partial charge on any atom is -0.430 e. The first-order valence-corrected chi connectivity index (χ1v) is 8.91. The molecule has 0 radical (unpaired) electrons. The molecule has 0 aliphatic rings. The van der Waals surface area contributed by atoms with E-state index in [1.165, 1.54) is 31.2 Å². The molecule has 130 valence electrons. The van der Waals surface area contributed by atoms with Crippen LogP contribution in [0.3, 0.4) is 0 Å². The van der Waals surface area contributed by atoms with Crippen LogP contribution >= 0.6 is 0 Å². The molecule has 1 rings (SSSR count). The Bertz CT molecular complexity index is 440. The second kappa shape index (κ2) is 10.3. The van der Waals surface area contributed by atoms with Gasteiger partial charge in [-0.3, -0.25) is 0 Å². The second-order valence-electron chi connectivity index (χ2n) is 6.88. The summed E-state index contributed by atoms with van der Waals surface area (Å²) in [6.45, 7) is 10.4. The SMILES string of the molecule is CCCCCCc1ccc(OC(=O)OC(C(C)C)C(C)C)cc1. The van der Waals surface area contributed by atoms with Gasteiger partial charge in [0.1, 0.15) is 11.9 Å². The number of carbonyl (C=O) groups is 1. The third-order valence-electron chi connectivity index (χ3n) is 3.99. The van der Waals surface area contributed by atoms with Crippen LogP contribution in [0, 0.1) is 11.8 Å². The van der Waals surface area contributed by atoms with E-state index in [4.69, 9.17) is 9.47 Å². The molecule has 0 aliphatic heterocycles. The van der Waals surface area contributed by atoms with E-state index in [0.717, 1.165) is 6.42 Å². The summed E-state index contributed by atoms with van der Waals surface area (Å²) in [5, 5.41) is 0. The lowest BCUT2D eigenvalue weighted by Gasteiger charge is -2.24. The van der Waals surface area contributed by atoms with Gasteiger partial charge < -0.3 is 9.47 Å². The molecule has 0 spiro atoms. The number of rotatable bonds is 9. The summed E-state index contributed by atoms with van der Waals surface area (Å²) < 4.78 is 10.7. The first-order valence-electron chi connectivity index (χ1n) is 8.91. The van der Waals surface area contributed by atoms with Crippen LogP contribution < -0.4 is 4.74 Å². The summed E-state index contributed by atoms with van der Waals surface area (Å²) in [5.74, 6) is 1.08. The fourth-order valence-corrected chi connectivity index (χ4v) is 2.75. The fourth-order valence-electron chi connectivity index (χ4n) is 2.75. The highest BCUT2D eigenvalue weighted by Crippen LogP contribution is 2.19. The maximum absolute atomic E-state index is 11.9. The topological polar surface area (TPSA) is 35.5 Å². The number of hydrogen-bond acceptors (Lipinski definition) is 3. The summed E-state index contributed by atoms with van der Waals surface area (Å²) in [5.41, 5.74) is 1.28. The number of hydrogen-bond donors (Lipinski definition) is 0. The second-order valence-corrected chi connectivity index (χ2v) is 6.88. The van der Waals surface area contributed by atoms with Crippen molar-refractivity contribution in [3.63, 3.8) is 0 Å². The average Bonchev–Trinajstić information content (AvgIpc) is 2.50. The lowest BCUT2D eigenvalue weighted by atomic mass is 9.96.